The highest BCUT2D eigenvalue weighted by Gasteiger charge is 2.11. The molecule has 0 aliphatic rings. The Balaban J connectivity index is 2.05. The monoisotopic (exact) mass is 264 g/mol. The summed E-state index contributed by atoms with van der Waals surface area (Å²) in [5.74, 6) is 0. The molecule has 1 heterocycles. The van der Waals surface area contributed by atoms with E-state index in [1.165, 1.54) is 20.9 Å². The molecule has 17 heavy (non-hydrogen) atoms. The van der Waals surface area contributed by atoms with Gasteiger partial charge in [-0.3, -0.25) is 0 Å². The number of hydrogen-bond acceptors (Lipinski definition) is 1. The second-order valence-corrected chi connectivity index (χ2v) is 6.04. The van der Waals surface area contributed by atoms with E-state index < -0.39 is 0 Å². The van der Waals surface area contributed by atoms with Gasteiger partial charge in [-0.25, -0.2) is 0 Å². The summed E-state index contributed by atoms with van der Waals surface area (Å²) in [6, 6.07) is 13.0. The first-order valence-corrected chi connectivity index (χ1v) is 7.22. The van der Waals surface area contributed by atoms with Gasteiger partial charge in [0.15, 0.2) is 0 Å². The van der Waals surface area contributed by atoms with Gasteiger partial charge in [-0.15, -0.1) is 22.9 Å². The van der Waals surface area contributed by atoms with Crippen molar-refractivity contribution >= 4 is 22.9 Å². The van der Waals surface area contributed by atoms with E-state index in [0.717, 1.165) is 12.8 Å². The van der Waals surface area contributed by atoms with Gasteiger partial charge in [-0.1, -0.05) is 36.8 Å². The Hall–Kier alpha value is -0.790. The minimum atomic E-state index is 0.100. The predicted octanol–water partition coefficient (Wildman–Crippen LogP) is 5.14. The third-order valence-corrected chi connectivity index (χ3v) is 4.74. The molecule has 1 aromatic heterocycles. The van der Waals surface area contributed by atoms with Gasteiger partial charge in [-0.05, 0) is 37.5 Å². The molecule has 0 N–H and O–H groups in total. The molecule has 0 radical (unpaired) electrons. The smallest absolute Gasteiger partial charge is 0.0718 e. The highest BCUT2D eigenvalue weighted by atomic mass is 35.5. The van der Waals surface area contributed by atoms with Crippen LogP contribution in [0.5, 0.6) is 0 Å². The van der Waals surface area contributed by atoms with Gasteiger partial charge >= 0.3 is 0 Å². The fourth-order valence-corrected chi connectivity index (χ4v) is 3.10. The van der Waals surface area contributed by atoms with Crippen molar-refractivity contribution in [3.63, 3.8) is 0 Å². The van der Waals surface area contributed by atoms with Crippen LogP contribution in [0.3, 0.4) is 0 Å². The van der Waals surface area contributed by atoms with Crippen molar-refractivity contribution in [1.29, 1.82) is 0 Å². The molecule has 90 valence electrons. The molecule has 2 rings (SSSR count). The molecule has 0 spiro atoms. The third-order valence-electron chi connectivity index (χ3n) is 2.88. The van der Waals surface area contributed by atoms with Crippen LogP contribution in [0.1, 0.15) is 33.2 Å². The quantitative estimate of drug-likeness (QED) is 0.671. The highest BCUT2D eigenvalue weighted by molar-refractivity contribution is 7.12. The van der Waals surface area contributed by atoms with Crippen LogP contribution in [0.25, 0.3) is 0 Å². The van der Waals surface area contributed by atoms with Gasteiger partial charge in [0.1, 0.15) is 0 Å². The Kier molecular flexibility index (Phi) is 4.25. The lowest BCUT2D eigenvalue weighted by molar-refractivity contribution is 0.939. The SMILES string of the molecule is CCc1ccc(C(Cl)Cc2ccc(C)cc2)s1. The van der Waals surface area contributed by atoms with Gasteiger partial charge in [-0.2, -0.15) is 0 Å². The molecule has 0 bridgehead atoms. The van der Waals surface area contributed by atoms with Crippen LogP contribution in [0.15, 0.2) is 36.4 Å². The number of rotatable bonds is 4. The summed E-state index contributed by atoms with van der Waals surface area (Å²) in [7, 11) is 0. The topological polar surface area (TPSA) is 0 Å². The fraction of sp³-hybridized carbons (Fsp3) is 0.333. The largest absolute Gasteiger partial charge is 0.144 e. The lowest BCUT2D eigenvalue weighted by atomic mass is 10.1. The molecule has 0 nitrogen and oxygen atoms in total. The van der Waals surface area contributed by atoms with Crippen molar-refractivity contribution in [2.24, 2.45) is 0 Å². The van der Waals surface area contributed by atoms with Gasteiger partial charge in [0.05, 0.1) is 5.38 Å². The number of thiophene rings is 1. The van der Waals surface area contributed by atoms with Crippen LogP contribution in [-0.4, -0.2) is 0 Å². The number of hydrogen-bond donors (Lipinski definition) is 0. The highest BCUT2D eigenvalue weighted by Crippen LogP contribution is 2.31. The number of halogens is 1. The first-order valence-electron chi connectivity index (χ1n) is 5.97. The van der Waals surface area contributed by atoms with Crippen molar-refractivity contribution in [2.75, 3.05) is 0 Å². The Morgan fingerprint density at radius 3 is 2.41 bits per heavy atom. The zero-order valence-electron chi connectivity index (χ0n) is 10.2. The van der Waals surface area contributed by atoms with Gasteiger partial charge in [0.25, 0.3) is 0 Å². The molecule has 0 fully saturated rings. The zero-order valence-corrected chi connectivity index (χ0v) is 11.8. The standard InChI is InChI=1S/C15H17ClS/c1-3-13-8-9-15(17-13)14(16)10-12-6-4-11(2)5-7-12/h4-9,14H,3,10H2,1-2H3. The predicted molar refractivity (Wildman–Crippen MR) is 77.2 cm³/mol. The maximum atomic E-state index is 6.46. The van der Waals surface area contributed by atoms with Crippen LogP contribution in [0.4, 0.5) is 0 Å². The molecule has 2 aromatic rings. The van der Waals surface area contributed by atoms with E-state index in [4.69, 9.17) is 11.6 Å². The normalized spacial score (nSPS) is 12.6. The maximum Gasteiger partial charge on any atom is 0.0718 e. The number of aryl methyl sites for hydroxylation is 2. The first kappa shape index (κ1) is 12.7. The summed E-state index contributed by atoms with van der Waals surface area (Å²) in [6.45, 7) is 4.29. The van der Waals surface area contributed by atoms with E-state index >= 15 is 0 Å². The van der Waals surface area contributed by atoms with E-state index in [-0.39, 0.29) is 5.38 Å². The number of alkyl halides is 1. The summed E-state index contributed by atoms with van der Waals surface area (Å²) in [5, 5.41) is 0.100. The van der Waals surface area contributed by atoms with Crippen molar-refractivity contribution in [2.45, 2.75) is 32.1 Å². The van der Waals surface area contributed by atoms with Crippen molar-refractivity contribution in [3.05, 3.63) is 57.3 Å². The molecule has 1 atom stereocenters. The number of benzene rings is 1. The minimum absolute atomic E-state index is 0.100. The molecular formula is C15H17ClS. The molecule has 2 heteroatoms. The molecular weight excluding hydrogens is 248 g/mol. The van der Waals surface area contributed by atoms with E-state index in [1.807, 2.05) is 11.3 Å². The van der Waals surface area contributed by atoms with E-state index in [0.29, 0.717) is 0 Å². The van der Waals surface area contributed by atoms with E-state index in [1.54, 1.807) is 0 Å². The van der Waals surface area contributed by atoms with E-state index in [2.05, 4.69) is 50.2 Å². The Bertz CT molecular complexity index is 470. The Labute approximate surface area is 112 Å². The molecule has 0 aliphatic carbocycles. The second kappa shape index (κ2) is 5.70. The third kappa shape index (κ3) is 3.34. The molecule has 1 aromatic carbocycles. The van der Waals surface area contributed by atoms with Crippen LogP contribution < -0.4 is 0 Å². The molecule has 0 aliphatic heterocycles. The van der Waals surface area contributed by atoms with Gasteiger partial charge in [0.2, 0.25) is 0 Å². The van der Waals surface area contributed by atoms with Crippen molar-refractivity contribution in [1.82, 2.24) is 0 Å². The molecule has 0 saturated heterocycles. The lowest BCUT2D eigenvalue weighted by Gasteiger charge is -2.07. The van der Waals surface area contributed by atoms with Gasteiger partial charge in [0, 0.05) is 9.75 Å². The van der Waals surface area contributed by atoms with Crippen LogP contribution in [0, 0.1) is 6.92 Å². The molecule has 0 saturated carbocycles. The summed E-state index contributed by atoms with van der Waals surface area (Å²) >= 11 is 8.29. The van der Waals surface area contributed by atoms with Crippen LogP contribution in [-0.2, 0) is 12.8 Å². The zero-order chi connectivity index (χ0) is 12.3. The average molecular weight is 265 g/mol. The molecule has 0 amide bonds. The maximum absolute atomic E-state index is 6.46. The summed E-state index contributed by atoms with van der Waals surface area (Å²) < 4.78 is 0. The van der Waals surface area contributed by atoms with Crippen molar-refractivity contribution in [3.8, 4) is 0 Å². The minimum Gasteiger partial charge on any atom is -0.144 e. The van der Waals surface area contributed by atoms with Gasteiger partial charge < -0.3 is 0 Å². The molecule has 1 unspecified atom stereocenters. The summed E-state index contributed by atoms with van der Waals surface area (Å²) in [4.78, 5) is 2.69. The Morgan fingerprint density at radius 1 is 1.12 bits per heavy atom. The van der Waals surface area contributed by atoms with E-state index in [9.17, 15) is 0 Å². The summed E-state index contributed by atoms with van der Waals surface area (Å²) in [6.07, 6.45) is 2.00. The second-order valence-electron chi connectivity index (χ2n) is 4.31. The Morgan fingerprint density at radius 2 is 1.82 bits per heavy atom. The summed E-state index contributed by atoms with van der Waals surface area (Å²) in [5.41, 5.74) is 2.60. The van der Waals surface area contributed by atoms with Crippen LogP contribution >= 0.6 is 22.9 Å². The lowest BCUT2D eigenvalue weighted by Crippen LogP contribution is -1.93. The van der Waals surface area contributed by atoms with Crippen molar-refractivity contribution < 1.29 is 0 Å². The fourth-order valence-electron chi connectivity index (χ4n) is 1.78. The first-order chi connectivity index (χ1) is 8.19. The van der Waals surface area contributed by atoms with Crippen LogP contribution in [0.2, 0.25) is 0 Å². The average Bonchev–Trinajstić information content (AvgIpc) is 2.81.